The van der Waals surface area contributed by atoms with Crippen LogP contribution in [0.5, 0.6) is 0 Å². The topological polar surface area (TPSA) is 84.5 Å². The van der Waals surface area contributed by atoms with Crippen LogP contribution in [-0.2, 0) is 14.8 Å². The van der Waals surface area contributed by atoms with Crippen molar-refractivity contribution in [2.24, 2.45) is 0 Å². The molecule has 0 unspecified atom stereocenters. The lowest BCUT2D eigenvalue weighted by Gasteiger charge is -2.23. The largest absolute Gasteiger partial charge is 0.465 e. The molecular formula is C12H18N2O4S2. The molecule has 0 saturated carbocycles. The molecule has 112 valence electrons. The Hall–Kier alpha value is -0.960. The number of esters is 1. The van der Waals surface area contributed by atoms with E-state index in [0.717, 1.165) is 37.3 Å². The highest BCUT2D eigenvalue weighted by molar-refractivity contribution is 7.89. The molecule has 2 heterocycles. The highest BCUT2D eigenvalue weighted by atomic mass is 32.2. The van der Waals surface area contributed by atoms with Crippen molar-refractivity contribution in [3.8, 4) is 0 Å². The zero-order valence-electron chi connectivity index (χ0n) is 11.4. The second-order valence-electron chi connectivity index (χ2n) is 4.71. The average Bonchev–Trinajstić information content (AvgIpc) is 2.81. The number of nitrogens with one attached hydrogen (secondary N) is 2. The quantitative estimate of drug-likeness (QED) is 0.805. The number of rotatable bonds is 4. The molecule has 8 heteroatoms. The van der Waals surface area contributed by atoms with Gasteiger partial charge < -0.3 is 10.1 Å². The number of thiophene rings is 1. The smallest absolute Gasteiger partial charge is 0.349 e. The van der Waals surface area contributed by atoms with Gasteiger partial charge >= 0.3 is 5.97 Å². The van der Waals surface area contributed by atoms with Gasteiger partial charge in [0.2, 0.25) is 10.0 Å². The van der Waals surface area contributed by atoms with Gasteiger partial charge in [-0.05, 0) is 43.8 Å². The first kappa shape index (κ1) is 15.4. The van der Waals surface area contributed by atoms with Gasteiger partial charge in [-0.15, -0.1) is 11.3 Å². The maximum Gasteiger partial charge on any atom is 0.349 e. The molecule has 1 saturated heterocycles. The van der Waals surface area contributed by atoms with Gasteiger partial charge in [-0.2, -0.15) is 0 Å². The molecule has 1 aromatic heterocycles. The van der Waals surface area contributed by atoms with E-state index < -0.39 is 16.0 Å². The number of carbonyl (C=O) groups is 1. The van der Waals surface area contributed by atoms with Gasteiger partial charge in [-0.3, -0.25) is 0 Å². The van der Waals surface area contributed by atoms with Crippen molar-refractivity contribution >= 4 is 27.3 Å². The molecule has 1 aliphatic rings. The fourth-order valence-corrected chi connectivity index (χ4v) is 5.23. The highest BCUT2D eigenvalue weighted by Crippen LogP contribution is 2.28. The molecule has 1 fully saturated rings. The Labute approximate surface area is 122 Å². The Morgan fingerprint density at radius 1 is 1.45 bits per heavy atom. The van der Waals surface area contributed by atoms with Gasteiger partial charge in [-0.1, -0.05) is 0 Å². The van der Waals surface area contributed by atoms with Gasteiger partial charge in [0.1, 0.15) is 9.77 Å². The van der Waals surface area contributed by atoms with Gasteiger partial charge in [0.05, 0.1) is 7.11 Å². The summed E-state index contributed by atoms with van der Waals surface area (Å²) in [5.41, 5.74) is 0.567. The number of hydrogen-bond donors (Lipinski definition) is 2. The number of ether oxygens (including phenoxy) is 1. The van der Waals surface area contributed by atoms with Crippen molar-refractivity contribution < 1.29 is 17.9 Å². The minimum Gasteiger partial charge on any atom is -0.465 e. The van der Waals surface area contributed by atoms with Crippen LogP contribution in [0.15, 0.2) is 10.3 Å². The maximum absolute atomic E-state index is 12.5. The second-order valence-corrected chi connectivity index (χ2v) is 7.24. The first-order valence-corrected chi connectivity index (χ1v) is 8.71. The molecule has 1 aromatic rings. The summed E-state index contributed by atoms with van der Waals surface area (Å²) in [6.45, 7) is 3.26. The van der Waals surface area contributed by atoms with E-state index >= 15 is 0 Å². The van der Waals surface area contributed by atoms with Crippen LogP contribution < -0.4 is 10.0 Å². The molecule has 0 atom stereocenters. The lowest BCUT2D eigenvalue weighted by Crippen LogP contribution is -2.42. The van der Waals surface area contributed by atoms with Crippen LogP contribution in [-0.4, -0.2) is 40.6 Å². The number of carbonyl (C=O) groups excluding carboxylic acids is 1. The fourth-order valence-electron chi connectivity index (χ4n) is 2.22. The molecule has 0 radical (unpaired) electrons. The zero-order valence-corrected chi connectivity index (χ0v) is 13.1. The predicted molar refractivity (Wildman–Crippen MR) is 76.6 cm³/mol. The summed E-state index contributed by atoms with van der Waals surface area (Å²) in [7, 11) is -2.46. The molecule has 2 rings (SSSR count). The van der Waals surface area contributed by atoms with Crippen LogP contribution >= 0.6 is 11.3 Å². The average molecular weight is 318 g/mol. The van der Waals surface area contributed by atoms with Crippen LogP contribution in [0, 0.1) is 6.92 Å². The van der Waals surface area contributed by atoms with Crippen LogP contribution in [0.3, 0.4) is 0 Å². The molecule has 0 spiro atoms. The molecular weight excluding hydrogens is 300 g/mol. The number of methoxy groups -OCH3 is 1. The van der Waals surface area contributed by atoms with E-state index in [2.05, 4.69) is 14.8 Å². The molecule has 6 nitrogen and oxygen atoms in total. The lowest BCUT2D eigenvalue weighted by atomic mass is 10.1. The molecule has 1 aliphatic heterocycles. The van der Waals surface area contributed by atoms with Gasteiger partial charge in [0, 0.05) is 6.04 Å². The molecule has 0 aliphatic carbocycles. The molecule has 0 bridgehead atoms. The van der Waals surface area contributed by atoms with Crippen LogP contribution in [0.4, 0.5) is 0 Å². The van der Waals surface area contributed by atoms with Crippen molar-refractivity contribution in [1.82, 2.24) is 10.0 Å². The standard InChI is InChI=1S/C12H18N2O4S2/c1-8-7-19-10(12(15)18-2)11(8)20(16,17)14-9-3-5-13-6-4-9/h7,9,13-14H,3-6H2,1-2H3. The zero-order chi connectivity index (χ0) is 14.8. The summed E-state index contributed by atoms with van der Waals surface area (Å²) in [6.07, 6.45) is 1.49. The van der Waals surface area contributed by atoms with Crippen molar-refractivity contribution in [2.45, 2.75) is 30.7 Å². The highest BCUT2D eigenvalue weighted by Gasteiger charge is 2.29. The van der Waals surface area contributed by atoms with E-state index in [1.165, 1.54) is 7.11 Å². The molecule has 2 N–H and O–H groups in total. The Balaban J connectivity index is 2.29. The van der Waals surface area contributed by atoms with Crippen LogP contribution in [0.2, 0.25) is 0 Å². The van der Waals surface area contributed by atoms with E-state index in [1.54, 1.807) is 12.3 Å². The van der Waals surface area contributed by atoms with E-state index in [9.17, 15) is 13.2 Å². The van der Waals surface area contributed by atoms with E-state index in [1.807, 2.05) is 0 Å². The summed E-state index contributed by atoms with van der Waals surface area (Å²) < 4.78 is 32.3. The number of piperidine rings is 1. The Bertz CT molecular complexity index is 589. The first-order chi connectivity index (χ1) is 9.45. The number of hydrogen-bond acceptors (Lipinski definition) is 6. The summed E-state index contributed by atoms with van der Waals surface area (Å²) in [4.78, 5) is 11.9. The van der Waals surface area contributed by atoms with Crippen molar-refractivity contribution in [3.05, 3.63) is 15.8 Å². The summed E-state index contributed by atoms with van der Waals surface area (Å²) in [5.74, 6) is -0.617. The molecule has 0 aromatic carbocycles. The third-order valence-corrected chi connectivity index (χ3v) is 6.13. The minimum absolute atomic E-state index is 0.0490. The van der Waals surface area contributed by atoms with Crippen molar-refractivity contribution in [3.63, 3.8) is 0 Å². The second kappa shape index (κ2) is 6.21. The van der Waals surface area contributed by atoms with Gasteiger partial charge in [0.15, 0.2) is 0 Å². The summed E-state index contributed by atoms with van der Waals surface area (Å²) in [6, 6.07) is -0.0916. The Morgan fingerprint density at radius 3 is 2.70 bits per heavy atom. The Morgan fingerprint density at radius 2 is 2.10 bits per heavy atom. The monoisotopic (exact) mass is 318 g/mol. The lowest BCUT2D eigenvalue weighted by molar-refractivity contribution is 0.0602. The number of sulfonamides is 1. The van der Waals surface area contributed by atoms with E-state index in [0.29, 0.717) is 5.56 Å². The summed E-state index contributed by atoms with van der Waals surface area (Å²) >= 11 is 1.09. The van der Waals surface area contributed by atoms with Gasteiger partial charge in [0.25, 0.3) is 0 Å². The predicted octanol–water partition coefficient (Wildman–Crippen LogP) is 0.873. The first-order valence-electron chi connectivity index (χ1n) is 6.35. The van der Waals surface area contributed by atoms with E-state index in [4.69, 9.17) is 0 Å². The summed E-state index contributed by atoms with van der Waals surface area (Å²) in [5, 5.41) is 4.83. The van der Waals surface area contributed by atoms with Crippen molar-refractivity contribution in [1.29, 1.82) is 0 Å². The van der Waals surface area contributed by atoms with Crippen LogP contribution in [0.25, 0.3) is 0 Å². The van der Waals surface area contributed by atoms with E-state index in [-0.39, 0.29) is 15.8 Å². The van der Waals surface area contributed by atoms with Gasteiger partial charge in [-0.25, -0.2) is 17.9 Å². The SMILES string of the molecule is COC(=O)c1scc(C)c1S(=O)(=O)NC1CCNCC1. The third kappa shape index (κ3) is 3.20. The molecule has 20 heavy (non-hydrogen) atoms. The normalized spacial score (nSPS) is 17.1. The fraction of sp³-hybridized carbons (Fsp3) is 0.583. The third-order valence-electron chi connectivity index (χ3n) is 3.22. The minimum atomic E-state index is -3.70. The number of aryl methyl sites for hydroxylation is 1. The Kier molecular flexibility index (Phi) is 4.79. The molecule has 0 amide bonds. The van der Waals surface area contributed by atoms with Crippen LogP contribution in [0.1, 0.15) is 28.1 Å². The van der Waals surface area contributed by atoms with Crippen molar-refractivity contribution in [2.75, 3.05) is 20.2 Å². The maximum atomic E-state index is 12.5.